The number of methoxy groups -OCH3 is 1. The van der Waals surface area contributed by atoms with Crippen LogP contribution < -0.4 is 10.6 Å². The van der Waals surface area contributed by atoms with E-state index < -0.39 is 0 Å². The molecule has 1 fully saturated rings. The Morgan fingerprint density at radius 2 is 2.28 bits per heavy atom. The number of ether oxygens (including phenoxy) is 1. The van der Waals surface area contributed by atoms with Crippen LogP contribution in [0.1, 0.15) is 12.8 Å². The molecule has 18 heavy (non-hydrogen) atoms. The van der Waals surface area contributed by atoms with Gasteiger partial charge in [-0.3, -0.25) is 9.59 Å². The molecule has 106 valence electrons. The molecular formula is C11H21ClN2O3S. The summed E-state index contributed by atoms with van der Waals surface area (Å²) in [5.74, 6) is 1.08. The second-order valence-electron chi connectivity index (χ2n) is 3.96. The van der Waals surface area contributed by atoms with Crippen molar-refractivity contribution in [3.8, 4) is 0 Å². The van der Waals surface area contributed by atoms with Crippen LogP contribution in [0.25, 0.3) is 0 Å². The second-order valence-corrected chi connectivity index (χ2v) is 5.07. The Kier molecular flexibility index (Phi) is 10.2. The Morgan fingerprint density at radius 3 is 2.89 bits per heavy atom. The summed E-state index contributed by atoms with van der Waals surface area (Å²) in [7, 11) is 1.38. The number of rotatable bonds is 6. The van der Waals surface area contributed by atoms with E-state index in [-0.39, 0.29) is 30.2 Å². The van der Waals surface area contributed by atoms with E-state index in [2.05, 4.69) is 15.4 Å². The summed E-state index contributed by atoms with van der Waals surface area (Å²) in [5.41, 5.74) is 0. The lowest BCUT2D eigenvalue weighted by atomic mass is 9.99. The highest BCUT2D eigenvalue weighted by atomic mass is 35.5. The van der Waals surface area contributed by atoms with Crippen molar-refractivity contribution in [2.75, 3.05) is 38.2 Å². The molecule has 0 saturated carbocycles. The molecule has 0 aromatic rings. The third-order valence-corrected chi connectivity index (χ3v) is 3.59. The molecule has 1 unspecified atom stereocenters. The number of esters is 1. The summed E-state index contributed by atoms with van der Waals surface area (Å²) in [6, 6.07) is 0. The van der Waals surface area contributed by atoms with E-state index in [1.165, 1.54) is 18.9 Å². The maximum Gasteiger partial charge on any atom is 0.315 e. The fourth-order valence-corrected chi connectivity index (χ4v) is 2.36. The summed E-state index contributed by atoms with van der Waals surface area (Å²) in [6.45, 7) is 2.40. The SMILES string of the molecule is COC(=O)CSCCNC(=O)C1CCCNC1.Cl. The highest BCUT2D eigenvalue weighted by Crippen LogP contribution is 2.09. The van der Waals surface area contributed by atoms with Crippen LogP contribution in [0.3, 0.4) is 0 Å². The van der Waals surface area contributed by atoms with Crippen LogP contribution in [0.15, 0.2) is 0 Å². The first-order valence-corrected chi connectivity index (χ1v) is 7.02. The quantitative estimate of drug-likeness (QED) is 0.550. The summed E-state index contributed by atoms with van der Waals surface area (Å²) < 4.78 is 4.52. The number of carbonyl (C=O) groups is 2. The van der Waals surface area contributed by atoms with Crippen LogP contribution in [-0.2, 0) is 14.3 Å². The third-order valence-electron chi connectivity index (χ3n) is 2.66. The Morgan fingerprint density at radius 1 is 1.50 bits per heavy atom. The smallest absolute Gasteiger partial charge is 0.315 e. The first-order valence-electron chi connectivity index (χ1n) is 5.87. The molecule has 0 aromatic heterocycles. The van der Waals surface area contributed by atoms with Crippen molar-refractivity contribution in [1.29, 1.82) is 0 Å². The van der Waals surface area contributed by atoms with Crippen LogP contribution in [0.4, 0.5) is 0 Å². The van der Waals surface area contributed by atoms with E-state index in [1.54, 1.807) is 0 Å². The number of carbonyl (C=O) groups excluding carboxylic acids is 2. The third kappa shape index (κ3) is 7.08. The lowest BCUT2D eigenvalue weighted by Gasteiger charge is -2.21. The first kappa shape index (κ1) is 17.5. The lowest BCUT2D eigenvalue weighted by molar-refractivity contribution is -0.137. The number of thioether (sulfide) groups is 1. The molecule has 1 aliphatic rings. The number of piperidine rings is 1. The number of amides is 1. The average Bonchev–Trinajstić information content (AvgIpc) is 2.38. The van der Waals surface area contributed by atoms with Crippen molar-refractivity contribution < 1.29 is 14.3 Å². The van der Waals surface area contributed by atoms with Crippen molar-refractivity contribution in [2.45, 2.75) is 12.8 Å². The van der Waals surface area contributed by atoms with Crippen LogP contribution in [0.5, 0.6) is 0 Å². The molecule has 1 saturated heterocycles. The zero-order chi connectivity index (χ0) is 12.5. The van der Waals surface area contributed by atoms with E-state index in [0.29, 0.717) is 12.3 Å². The van der Waals surface area contributed by atoms with Gasteiger partial charge in [0.1, 0.15) is 0 Å². The minimum Gasteiger partial charge on any atom is -0.468 e. The number of hydrogen-bond acceptors (Lipinski definition) is 5. The molecular weight excluding hydrogens is 276 g/mol. The Balaban J connectivity index is 0.00000289. The van der Waals surface area contributed by atoms with Crippen LogP contribution in [0, 0.1) is 5.92 Å². The van der Waals surface area contributed by atoms with Crippen molar-refractivity contribution >= 4 is 36.0 Å². The molecule has 5 nitrogen and oxygen atoms in total. The van der Waals surface area contributed by atoms with Gasteiger partial charge in [-0.25, -0.2) is 0 Å². The average molecular weight is 297 g/mol. The van der Waals surface area contributed by atoms with Gasteiger partial charge in [-0.1, -0.05) is 0 Å². The maximum atomic E-state index is 11.7. The lowest BCUT2D eigenvalue weighted by Crippen LogP contribution is -2.41. The molecule has 0 radical (unpaired) electrons. The van der Waals surface area contributed by atoms with Crippen LogP contribution in [-0.4, -0.2) is 50.1 Å². The Labute approximate surface area is 118 Å². The van der Waals surface area contributed by atoms with Gasteiger partial charge in [0.15, 0.2) is 0 Å². The van der Waals surface area contributed by atoms with Crippen molar-refractivity contribution in [3.63, 3.8) is 0 Å². The molecule has 2 N–H and O–H groups in total. The van der Waals surface area contributed by atoms with E-state index >= 15 is 0 Å². The summed E-state index contributed by atoms with van der Waals surface area (Å²) >= 11 is 1.47. The molecule has 1 atom stereocenters. The molecule has 0 spiro atoms. The van der Waals surface area contributed by atoms with Gasteiger partial charge in [0, 0.05) is 18.8 Å². The van der Waals surface area contributed by atoms with Crippen molar-refractivity contribution in [3.05, 3.63) is 0 Å². The molecule has 7 heteroatoms. The van der Waals surface area contributed by atoms with Gasteiger partial charge in [0.25, 0.3) is 0 Å². The molecule has 1 aliphatic heterocycles. The highest BCUT2D eigenvalue weighted by Gasteiger charge is 2.19. The molecule has 0 bridgehead atoms. The molecule has 1 amide bonds. The predicted molar refractivity (Wildman–Crippen MR) is 75.2 cm³/mol. The summed E-state index contributed by atoms with van der Waals surface area (Å²) in [5, 5.41) is 6.10. The molecule has 1 heterocycles. The topological polar surface area (TPSA) is 67.4 Å². The van der Waals surface area contributed by atoms with Gasteiger partial charge in [-0.15, -0.1) is 24.2 Å². The Hall–Kier alpha value is -0.460. The zero-order valence-electron chi connectivity index (χ0n) is 10.6. The normalized spacial score (nSPS) is 18.6. The van der Waals surface area contributed by atoms with E-state index in [9.17, 15) is 9.59 Å². The fourth-order valence-electron chi connectivity index (χ4n) is 1.68. The van der Waals surface area contributed by atoms with Gasteiger partial charge in [0.2, 0.25) is 5.91 Å². The van der Waals surface area contributed by atoms with Crippen LogP contribution >= 0.6 is 24.2 Å². The largest absolute Gasteiger partial charge is 0.468 e. The van der Waals surface area contributed by atoms with Gasteiger partial charge in [-0.05, 0) is 19.4 Å². The zero-order valence-corrected chi connectivity index (χ0v) is 12.2. The predicted octanol–water partition coefficient (Wildman–Crippen LogP) is 0.430. The molecule has 0 aliphatic carbocycles. The Bertz CT molecular complexity index is 261. The molecule has 1 rings (SSSR count). The van der Waals surface area contributed by atoms with E-state index in [1.807, 2.05) is 0 Å². The van der Waals surface area contributed by atoms with Gasteiger partial charge in [-0.2, -0.15) is 0 Å². The summed E-state index contributed by atoms with van der Waals surface area (Å²) in [4.78, 5) is 22.5. The van der Waals surface area contributed by atoms with Crippen molar-refractivity contribution in [2.24, 2.45) is 5.92 Å². The number of nitrogens with one attached hydrogen (secondary N) is 2. The number of halogens is 1. The number of hydrogen-bond donors (Lipinski definition) is 2. The van der Waals surface area contributed by atoms with E-state index in [4.69, 9.17) is 0 Å². The van der Waals surface area contributed by atoms with Crippen LogP contribution in [0.2, 0.25) is 0 Å². The maximum absolute atomic E-state index is 11.7. The fraction of sp³-hybridized carbons (Fsp3) is 0.818. The summed E-state index contributed by atoms with van der Waals surface area (Å²) in [6.07, 6.45) is 2.03. The van der Waals surface area contributed by atoms with Crippen molar-refractivity contribution in [1.82, 2.24) is 10.6 Å². The van der Waals surface area contributed by atoms with E-state index in [0.717, 1.165) is 31.7 Å². The first-order chi connectivity index (χ1) is 8.24. The standard InChI is InChI=1S/C11H20N2O3S.ClH/c1-16-10(14)8-17-6-5-13-11(15)9-3-2-4-12-7-9;/h9,12H,2-8H2,1H3,(H,13,15);1H. The van der Waals surface area contributed by atoms with Gasteiger partial charge in [0.05, 0.1) is 18.8 Å². The minimum absolute atomic E-state index is 0. The minimum atomic E-state index is -0.224. The molecule has 0 aromatic carbocycles. The monoisotopic (exact) mass is 296 g/mol. The second kappa shape index (κ2) is 10.5. The van der Waals surface area contributed by atoms with Gasteiger partial charge < -0.3 is 15.4 Å². The highest BCUT2D eigenvalue weighted by molar-refractivity contribution is 7.99. The van der Waals surface area contributed by atoms with Gasteiger partial charge >= 0.3 is 5.97 Å².